The third-order valence-electron chi connectivity index (χ3n) is 7.98. The van der Waals surface area contributed by atoms with Crippen LogP contribution in [0.2, 0.25) is 0 Å². The Bertz CT molecular complexity index is 1090. The third kappa shape index (κ3) is 5.52. The van der Waals surface area contributed by atoms with Crippen molar-refractivity contribution in [2.75, 3.05) is 44.6 Å². The normalized spacial score (nSPS) is 23.3. The molecule has 4 heterocycles. The van der Waals surface area contributed by atoms with Crippen LogP contribution < -0.4 is 5.32 Å². The topological polar surface area (TPSA) is 102 Å². The van der Waals surface area contributed by atoms with Crippen molar-refractivity contribution in [1.29, 1.82) is 0 Å². The first kappa shape index (κ1) is 24.6. The zero-order valence-corrected chi connectivity index (χ0v) is 21.0. The largest absolute Gasteiger partial charge is 0.390 e. The minimum absolute atomic E-state index is 0.0550. The van der Waals surface area contributed by atoms with Crippen LogP contribution in [0.4, 0.5) is 5.82 Å². The molecule has 0 spiro atoms. The van der Waals surface area contributed by atoms with Crippen LogP contribution in [0.3, 0.4) is 0 Å². The molecule has 2 fully saturated rings. The molecule has 2 N–H and O–H groups in total. The van der Waals surface area contributed by atoms with Gasteiger partial charge in [-0.25, -0.2) is 9.97 Å². The van der Waals surface area contributed by atoms with Gasteiger partial charge in [0.15, 0.2) is 0 Å². The van der Waals surface area contributed by atoms with Crippen molar-refractivity contribution in [3.8, 4) is 0 Å². The highest BCUT2D eigenvalue weighted by atomic mass is 16.3. The molecule has 1 aromatic carbocycles. The summed E-state index contributed by atoms with van der Waals surface area (Å²) in [6.45, 7) is 6.63. The van der Waals surface area contributed by atoms with Crippen LogP contribution in [0.1, 0.15) is 47.8 Å². The summed E-state index contributed by atoms with van der Waals surface area (Å²) in [5.41, 5.74) is 3.07. The summed E-state index contributed by atoms with van der Waals surface area (Å²) in [6, 6.07) is 10.3. The number of rotatable bonds is 5. The van der Waals surface area contributed by atoms with Gasteiger partial charge in [-0.2, -0.15) is 0 Å². The molecule has 3 aliphatic rings. The van der Waals surface area contributed by atoms with Crippen molar-refractivity contribution in [1.82, 2.24) is 24.7 Å². The molecule has 192 valence electrons. The van der Waals surface area contributed by atoms with E-state index in [9.17, 15) is 14.7 Å². The second-order valence-electron chi connectivity index (χ2n) is 10.3. The van der Waals surface area contributed by atoms with Gasteiger partial charge in [-0.15, -0.1) is 0 Å². The van der Waals surface area contributed by atoms with Crippen LogP contribution in [0.25, 0.3) is 0 Å². The number of amides is 2. The molecule has 36 heavy (non-hydrogen) atoms. The molecule has 0 radical (unpaired) electrons. The lowest BCUT2D eigenvalue weighted by atomic mass is 9.94. The first-order chi connectivity index (χ1) is 17.5. The fourth-order valence-corrected chi connectivity index (χ4v) is 5.76. The van der Waals surface area contributed by atoms with Gasteiger partial charge in [0.2, 0.25) is 5.91 Å². The molecule has 0 saturated carbocycles. The second-order valence-corrected chi connectivity index (χ2v) is 10.3. The number of β-amino-alcohol motifs (C(OH)–C–C–N with tert-alkyl or cyclic N) is 1. The minimum atomic E-state index is -0.590. The van der Waals surface area contributed by atoms with E-state index in [-0.39, 0.29) is 17.9 Å². The minimum Gasteiger partial charge on any atom is -0.390 e. The average molecular weight is 493 g/mol. The van der Waals surface area contributed by atoms with Crippen LogP contribution >= 0.6 is 0 Å². The van der Waals surface area contributed by atoms with E-state index < -0.39 is 6.10 Å². The van der Waals surface area contributed by atoms with E-state index in [0.29, 0.717) is 30.5 Å². The molecule has 3 aliphatic heterocycles. The SMILES string of the molecule is CC(=O)N1CCC(CNc2cc(C(=O)N3CC[C@H](N4CCc5ccccc5C4)C(O)C3)ncn2)CC1. The van der Waals surface area contributed by atoms with E-state index >= 15 is 0 Å². The van der Waals surface area contributed by atoms with Crippen molar-refractivity contribution in [2.45, 2.75) is 51.3 Å². The van der Waals surface area contributed by atoms with Crippen LogP contribution in [0.15, 0.2) is 36.7 Å². The van der Waals surface area contributed by atoms with Crippen molar-refractivity contribution >= 4 is 17.6 Å². The Hall–Kier alpha value is -3.04. The zero-order valence-electron chi connectivity index (χ0n) is 21.0. The molecular formula is C27H36N6O3. The summed E-state index contributed by atoms with van der Waals surface area (Å²) >= 11 is 0. The van der Waals surface area contributed by atoms with Crippen molar-refractivity contribution < 1.29 is 14.7 Å². The van der Waals surface area contributed by atoms with Crippen molar-refractivity contribution in [2.24, 2.45) is 5.92 Å². The first-order valence-electron chi connectivity index (χ1n) is 13.1. The fourth-order valence-electron chi connectivity index (χ4n) is 5.76. The number of carbonyl (C=O) groups excluding carboxylic acids is 2. The van der Waals surface area contributed by atoms with Gasteiger partial charge < -0.3 is 20.2 Å². The van der Waals surface area contributed by atoms with Crippen LogP contribution in [-0.2, 0) is 17.8 Å². The highest BCUT2D eigenvalue weighted by molar-refractivity contribution is 5.93. The standard InChI is InChI=1S/C27H36N6O3/c1-19(34)31-10-6-20(7-11-31)15-28-26-14-23(29-18-30-26)27(36)33-13-9-24(25(35)17-33)32-12-8-21-4-2-3-5-22(21)16-32/h2-5,14,18,20,24-25,35H,6-13,15-17H2,1H3,(H,28,29,30)/t24-,25?/m0/s1. The predicted molar refractivity (Wildman–Crippen MR) is 136 cm³/mol. The summed E-state index contributed by atoms with van der Waals surface area (Å²) in [4.78, 5) is 39.2. The van der Waals surface area contributed by atoms with Gasteiger partial charge in [0.1, 0.15) is 17.8 Å². The van der Waals surface area contributed by atoms with Gasteiger partial charge >= 0.3 is 0 Å². The number of likely N-dealkylation sites (tertiary alicyclic amines) is 2. The molecule has 9 nitrogen and oxygen atoms in total. The smallest absolute Gasteiger partial charge is 0.272 e. The molecule has 0 aliphatic carbocycles. The number of benzene rings is 1. The number of carbonyl (C=O) groups is 2. The summed E-state index contributed by atoms with van der Waals surface area (Å²) < 4.78 is 0. The monoisotopic (exact) mass is 492 g/mol. The van der Waals surface area contributed by atoms with Crippen molar-refractivity contribution in [3.63, 3.8) is 0 Å². The molecule has 9 heteroatoms. The number of hydrogen-bond acceptors (Lipinski definition) is 7. The van der Waals surface area contributed by atoms with Gasteiger partial charge in [0, 0.05) is 64.8 Å². The maximum Gasteiger partial charge on any atom is 0.272 e. The molecule has 2 amide bonds. The molecule has 1 aromatic heterocycles. The number of aromatic nitrogens is 2. The van der Waals surface area contributed by atoms with E-state index in [4.69, 9.17) is 0 Å². The van der Waals surface area contributed by atoms with Crippen molar-refractivity contribution in [3.05, 3.63) is 53.5 Å². The van der Waals surface area contributed by atoms with E-state index in [1.807, 2.05) is 4.90 Å². The number of hydrogen-bond donors (Lipinski definition) is 2. The van der Waals surface area contributed by atoms with Gasteiger partial charge in [0.05, 0.1) is 6.10 Å². The predicted octanol–water partition coefficient (Wildman–Crippen LogP) is 1.78. The molecule has 5 rings (SSSR count). The average Bonchev–Trinajstić information content (AvgIpc) is 2.91. The number of fused-ring (bicyclic) bond motifs is 1. The quantitative estimate of drug-likeness (QED) is 0.656. The summed E-state index contributed by atoms with van der Waals surface area (Å²) in [7, 11) is 0. The van der Waals surface area contributed by atoms with Gasteiger partial charge in [0.25, 0.3) is 5.91 Å². The number of aliphatic hydroxyl groups excluding tert-OH is 1. The number of nitrogens with zero attached hydrogens (tertiary/aromatic N) is 5. The lowest BCUT2D eigenvalue weighted by molar-refractivity contribution is -0.130. The third-order valence-corrected chi connectivity index (χ3v) is 7.98. The highest BCUT2D eigenvalue weighted by Gasteiger charge is 2.35. The highest BCUT2D eigenvalue weighted by Crippen LogP contribution is 2.26. The Morgan fingerprint density at radius 2 is 1.78 bits per heavy atom. The number of nitrogens with one attached hydrogen (secondary N) is 1. The summed E-state index contributed by atoms with van der Waals surface area (Å²) in [5, 5.41) is 14.3. The fraction of sp³-hybridized carbons (Fsp3) is 0.556. The Kier molecular flexibility index (Phi) is 7.48. The molecule has 2 saturated heterocycles. The van der Waals surface area contributed by atoms with Gasteiger partial charge in [-0.05, 0) is 42.7 Å². The number of anilines is 1. The van der Waals surface area contributed by atoms with E-state index in [0.717, 1.165) is 58.4 Å². The number of aliphatic hydroxyl groups is 1. The Balaban J connectivity index is 1.14. The van der Waals surface area contributed by atoms with E-state index in [1.54, 1.807) is 17.9 Å². The van der Waals surface area contributed by atoms with Crippen LogP contribution in [-0.4, -0.2) is 93.0 Å². The molecular weight excluding hydrogens is 456 g/mol. The number of piperidine rings is 2. The zero-order chi connectivity index (χ0) is 25.1. The summed E-state index contributed by atoms with van der Waals surface area (Å²) in [5.74, 6) is 1.06. The molecule has 2 aromatic rings. The Labute approximate surface area is 212 Å². The Morgan fingerprint density at radius 1 is 1.03 bits per heavy atom. The van der Waals surface area contributed by atoms with Gasteiger partial charge in [-0.3, -0.25) is 14.5 Å². The maximum atomic E-state index is 13.2. The maximum absolute atomic E-state index is 13.2. The molecule has 0 bridgehead atoms. The van der Waals surface area contributed by atoms with Crippen LogP contribution in [0, 0.1) is 5.92 Å². The summed E-state index contributed by atoms with van der Waals surface area (Å²) in [6.07, 6.45) is 4.48. The second kappa shape index (κ2) is 10.9. The van der Waals surface area contributed by atoms with Gasteiger partial charge in [-0.1, -0.05) is 24.3 Å². The van der Waals surface area contributed by atoms with E-state index in [2.05, 4.69) is 44.5 Å². The van der Waals surface area contributed by atoms with Crippen LogP contribution in [0.5, 0.6) is 0 Å². The first-order valence-corrected chi connectivity index (χ1v) is 13.1. The van der Waals surface area contributed by atoms with E-state index in [1.165, 1.54) is 17.5 Å². The lowest BCUT2D eigenvalue weighted by Crippen LogP contribution is -2.56. The molecule has 1 unspecified atom stereocenters. The lowest BCUT2D eigenvalue weighted by Gasteiger charge is -2.43. The Morgan fingerprint density at radius 3 is 2.53 bits per heavy atom. The molecule has 2 atom stereocenters.